The van der Waals surface area contributed by atoms with Crippen LogP contribution in [0.15, 0.2) is 76.2 Å². The third-order valence-electron chi connectivity index (χ3n) is 4.79. The number of carbonyl (C=O) groups excluding carboxylic acids is 2. The molecule has 0 fully saturated rings. The molecule has 1 heterocycles. The van der Waals surface area contributed by atoms with Crippen molar-refractivity contribution in [3.63, 3.8) is 0 Å². The molecule has 33 heavy (non-hydrogen) atoms. The maximum absolute atomic E-state index is 12.6. The molecule has 3 rings (SSSR count). The molecule has 174 valence electrons. The number of hydrogen-bond acceptors (Lipinski definition) is 7. The fraction of sp³-hybridized carbons (Fsp3) is 0.250. The number of esters is 1. The van der Waals surface area contributed by atoms with Crippen LogP contribution in [0.25, 0.3) is 0 Å². The van der Waals surface area contributed by atoms with Gasteiger partial charge in [-0.05, 0) is 42.8 Å². The topological polar surface area (TPSA) is 103 Å². The molecule has 0 radical (unpaired) electrons. The van der Waals surface area contributed by atoms with Gasteiger partial charge in [0.2, 0.25) is 5.76 Å². The Labute approximate surface area is 192 Å². The van der Waals surface area contributed by atoms with E-state index in [0.717, 1.165) is 11.3 Å². The van der Waals surface area contributed by atoms with Gasteiger partial charge in [-0.25, -0.2) is 13.2 Å². The highest BCUT2D eigenvalue weighted by Crippen LogP contribution is 2.20. The summed E-state index contributed by atoms with van der Waals surface area (Å²) in [6.07, 6.45) is 1.21. The number of rotatable bonds is 10. The van der Waals surface area contributed by atoms with Crippen LogP contribution in [0.2, 0.25) is 0 Å². The summed E-state index contributed by atoms with van der Waals surface area (Å²) in [4.78, 5) is 26.4. The standard InChI is InChI=1S/C24H25NO7S/c1-3-30-20-11-9-18(10-12-20)15-25(2)22(26)16-32-24(27)23-19(13-14-31-23)17-33(28,29)21-7-5-4-6-8-21/h4-14H,3,15-17H2,1-2H3. The molecule has 0 aliphatic rings. The lowest BCUT2D eigenvalue weighted by Gasteiger charge is -2.17. The molecule has 8 nitrogen and oxygen atoms in total. The predicted molar refractivity (Wildman–Crippen MR) is 120 cm³/mol. The molecular formula is C24H25NO7S. The maximum atomic E-state index is 12.6. The van der Waals surface area contributed by atoms with Gasteiger partial charge in [-0.3, -0.25) is 4.79 Å². The zero-order chi connectivity index (χ0) is 23.8. The lowest BCUT2D eigenvalue weighted by Crippen LogP contribution is -2.30. The van der Waals surface area contributed by atoms with Gasteiger partial charge < -0.3 is 18.8 Å². The highest BCUT2D eigenvalue weighted by atomic mass is 32.2. The molecule has 0 atom stereocenters. The third-order valence-corrected chi connectivity index (χ3v) is 6.47. The van der Waals surface area contributed by atoms with E-state index in [1.165, 1.54) is 29.4 Å². The highest BCUT2D eigenvalue weighted by molar-refractivity contribution is 7.90. The molecular weight excluding hydrogens is 446 g/mol. The quantitative estimate of drug-likeness (QED) is 0.417. The largest absolute Gasteiger partial charge is 0.494 e. The highest BCUT2D eigenvalue weighted by Gasteiger charge is 2.24. The van der Waals surface area contributed by atoms with E-state index in [0.29, 0.717) is 13.2 Å². The van der Waals surface area contributed by atoms with Crippen molar-refractivity contribution in [1.82, 2.24) is 4.90 Å². The van der Waals surface area contributed by atoms with Crippen LogP contribution >= 0.6 is 0 Å². The smallest absolute Gasteiger partial charge is 0.375 e. The number of amides is 1. The summed E-state index contributed by atoms with van der Waals surface area (Å²) in [5.41, 5.74) is 1.05. The summed E-state index contributed by atoms with van der Waals surface area (Å²) in [7, 11) is -2.08. The van der Waals surface area contributed by atoms with Crippen molar-refractivity contribution in [2.75, 3.05) is 20.3 Å². The minimum Gasteiger partial charge on any atom is -0.494 e. The average molecular weight is 472 g/mol. The second kappa shape index (κ2) is 10.8. The summed E-state index contributed by atoms with van der Waals surface area (Å²) in [5.74, 6) is -1.24. The Kier molecular flexibility index (Phi) is 7.89. The van der Waals surface area contributed by atoms with E-state index in [9.17, 15) is 18.0 Å². The number of carbonyl (C=O) groups is 2. The second-order valence-electron chi connectivity index (χ2n) is 7.25. The van der Waals surface area contributed by atoms with Gasteiger partial charge >= 0.3 is 5.97 Å². The lowest BCUT2D eigenvalue weighted by atomic mass is 10.2. The molecule has 0 aliphatic heterocycles. The number of furan rings is 1. The van der Waals surface area contributed by atoms with Crippen LogP contribution < -0.4 is 4.74 Å². The van der Waals surface area contributed by atoms with Crippen molar-refractivity contribution < 1.29 is 31.9 Å². The van der Waals surface area contributed by atoms with E-state index in [4.69, 9.17) is 13.9 Å². The molecule has 0 saturated carbocycles. The number of benzene rings is 2. The first-order chi connectivity index (χ1) is 15.8. The molecule has 3 aromatic rings. The monoisotopic (exact) mass is 471 g/mol. The molecule has 1 amide bonds. The summed E-state index contributed by atoms with van der Waals surface area (Å²) in [6, 6.07) is 16.6. The van der Waals surface area contributed by atoms with Gasteiger partial charge in [0.25, 0.3) is 5.91 Å². The molecule has 2 aromatic carbocycles. The van der Waals surface area contributed by atoms with E-state index < -0.39 is 34.1 Å². The van der Waals surface area contributed by atoms with Gasteiger partial charge in [0, 0.05) is 19.2 Å². The van der Waals surface area contributed by atoms with Gasteiger partial charge in [-0.2, -0.15) is 0 Å². The molecule has 0 aliphatic carbocycles. The summed E-state index contributed by atoms with van der Waals surface area (Å²) < 4.78 is 40.8. The number of sulfone groups is 1. The molecule has 0 N–H and O–H groups in total. The first kappa shape index (κ1) is 24.1. The average Bonchev–Trinajstić information content (AvgIpc) is 3.26. The molecule has 0 spiro atoms. The summed E-state index contributed by atoms with van der Waals surface area (Å²) in [6.45, 7) is 2.29. The van der Waals surface area contributed by atoms with Gasteiger partial charge in [-0.15, -0.1) is 0 Å². The van der Waals surface area contributed by atoms with Gasteiger partial charge in [-0.1, -0.05) is 30.3 Å². The number of nitrogens with zero attached hydrogens (tertiary/aromatic N) is 1. The van der Waals surface area contributed by atoms with Crippen molar-refractivity contribution >= 4 is 21.7 Å². The third kappa shape index (κ3) is 6.45. The molecule has 0 saturated heterocycles. The molecule has 0 unspecified atom stereocenters. The van der Waals surface area contributed by atoms with Crippen molar-refractivity contribution in [3.8, 4) is 5.75 Å². The van der Waals surface area contributed by atoms with E-state index >= 15 is 0 Å². The zero-order valence-electron chi connectivity index (χ0n) is 18.4. The van der Waals surface area contributed by atoms with Crippen molar-refractivity contribution in [2.24, 2.45) is 0 Å². The first-order valence-electron chi connectivity index (χ1n) is 10.3. The predicted octanol–water partition coefficient (Wildman–Crippen LogP) is 3.47. The van der Waals surface area contributed by atoms with Crippen LogP contribution in [-0.4, -0.2) is 45.5 Å². The molecule has 1 aromatic heterocycles. The van der Waals surface area contributed by atoms with Gasteiger partial charge in [0.1, 0.15) is 5.75 Å². The lowest BCUT2D eigenvalue weighted by molar-refractivity contribution is -0.133. The Morgan fingerprint density at radius 2 is 1.70 bits per heavy atom. The Balaban J connectivity index is 1.56. The molecule has 9 heteroatoms. The van der Waals surface area contributed by atoms with Crippen molar-refractivity contribution in [1.29, 1.82) is 0 Å². The number of likely N-dealkylation sites (N-methyl/N-ethyl adjacent to an activating group) is 1. The van der Waals surface area contributed by atoms with Crippen LogP contribution in [0.4, 0.5) is 0 Å². The summed E-state index contributed by atoms with van der Waals surface area (Å²) >= 11 is 0. The number of hydrogen-bond donors (Lipinski definition) is 0. The van der Waals surface area contributed by atoms with Gasteiger partial charge in [0.05, 0.1) is 23.5 Å². The normalized spacial score (nSPS) is 11.1. The van der Waals surface area contributed by atoms with Crippen LogP contribution in [0, 0.1) is 0 Å². The fourth-order valence-electron chi connectivity index (χ4n) is 3.07. The number of ether oxygens (including phenoxy) is 2. The Hall–Kier alpha value is -3.59. The van der Waals surface area contributed by atoms with Gasteiger partial charge in [0.15, 0.2) is 16.4 Å². The Morgan fingerprint density at radius 1 is 1.00 bits per heavy atom. The van der Waals surface area contributed by atoms with Crippen LogP contribution in [0.3, 0.4) is 0 Å². The van der Waals surface area contributed by atoms with E-state index in [1.807, 2.05) is 31.2 Å². The zero-order valence-corrected chi connectivity index (χ0v) is 19.2. The van der Waals surface area contributed by atoms with Crippen molar-refractivity contribution in [3.05, 3.63) is 83.8 Å². The van der Waals surface area contributed by atoms with Crippen LogP contribution in [0.1, 0.15) is 28.6 Å². The van der Waals surface area contributed by atoms with E-state index in [2.05, 4.69) is 0 Å². The summed E-state index contributed by atoms with van der Waals surface area (Å²) in [5, 5.41) is 0. The second-order valence-corrected chi connectivity index (χ2v) is 9.24. The minimum atomic E-state index is -3.68. The van der Waals surface area contributed by atoms with Crippen molar-refractivity contribution in [2.45, 2.75) is 24.1 Å². The van der Waals surface area contributed by atoms with E-state index in [1.54, 1.807) is 25.2 Å². The Bertz CT molecular complexity index is 1190. The molecule has 0 bridgehead atoms. The van der Waals surface area contributed by atoms with Crippen LogP contribution in [-0.2, 0) is 31.7 Å². The Morgan fingerprint density at radius 3 is 2.36 bits per heavy atom. The SMILES string of the molecule is CCOc1ccc(CN(C)C(=O)COC(=O)c2occc2CS(=O)(=O)c2ccccc2)cc1. The fourth-order valence-corrected chi connectivity index (χ4v) is 4.44. The maximum Gasteiger partial charge on any atom is 0.375 e. The first-order valence-corrected chi connectivity index (χ1v) is 11.9. The van der Waals surface area contributed by atoms with E-state index in [-0.39, 0.29) is 16.2 Å². The minimum absolute atomic E-state index is 0.136. The van der Waals surface area contributed by atoms with Crippen LogP contribution in [0.5, 0.6) is 5.75 Å².